The molecule has 3 nitrogen and oxygen atoms in total. The second-order valence-corrected chi connectivity index (χ2v) is 5.13. The summed E-state index contributed by atoms with van der Waals surface area (Å²) in [5.41, 5.74) is 1.34. The van der Waals surface area contributed by atoms with E-state index in [1.807, 2.05) is 0 Å². The van der Waals surface area contributed by atoms with Crippen molar-refractivity contribution in [3.8, 4) is 5.75 Å². The third kappa shape index (κ3) is 4.43. The highest BCUT2D eigenvalue weighted by molar-refractivity contribution is 6.30. The average Bonchev–Trinajstić information content (AvgIpc) is 2.49. The Morgan fingerprint density at radius 1 is 1.14 bits per heavy atom. The first kappa shape index (κ1) is 16.2. The first-order valence-corrected chi connectivity index (χ1v) is 6.88. The smallest absolute Gasteiger partial charge is 0.387 e. The molecule has 0 atom stereocenters. The van der Waals surface area contributed by atoms with Crippen LogP contribution in [0.2, 0.25) is 5.02 Å². The van der Waals surface area contributed by atoms with E-state index in [1.165, 1.54) is 17.0 Å². The maximum Gasteiger partial charge on any atom is 0.387 e. The quantitative estimate of drug-likeness (QED) is 0.824. The molecule has 0 fully saturated rings. The first-order valence-electron chi connectivity index (χ1n) is 6.50. The predicted molar refractivity (Wildman–Crippen MR) is 80.3 cm³/mol. The lowest BCUT2D eigenvalue weighted by Gasteiger charge is -2.17. The molecule has 0 saturated heterocycles. The Morgan fingerprint density at radius 3 is 2.27 bits per heavy atom. The lowest BCUT2D eigenvalue weighted by Crippen LogP contribution is -2.26. The molecule has 0 aromatic heterocycles. The predicted octanol–water partition coefficient (Wildman–Crippen LogP) is 4.21. The summed E-state index contributed by atoms with van der Waals surface area (Å²) in [7, 11) is 1.67. The highest BCUT2D eigenvalue weighted by atomic mass is 35.5. The number of carbonyl (C=O) groups excluding carboxylic acids is 1. The van der Waals surface area contributed by atoms with Crippen molar-refractivity contribution in [1.82, 2.24) is 4.90 Å². The van der Waals surface area contributed by atoms with Gasteiger partial charge in [0.05, 0.1) is 0 Å². The van der Waals surface area contributed by atoms with E-state index in [0.717, 1.165) is 5.56 Å². The maximum absolute atomic E-state index is 12.2. The van der Waals surface area contributed by atoms with E-state index in [2.05, 4.69) is 4.74 Å². The van der Waals surface area contributed by atoms with E-state index in [4.69, 9.17) is 11.6 Å². The zero-order valence-corrected chi connectivity index (χ0v) is 12.6. The zero-order chi connectivity index (χ0) is 16.1. The average molecular weight is 326 g/mol. The van der Waals surface area contributed by atoms with Crippen molar-refractivity contribution in [3.05, 3.63) is 64.7 Å². The fraction of sp³-hybridized carbons (Fsp3) is 0.188. The van der Waals surface area contributed by atoms with Crippen LogP contribution in [-0.2, 0) is 6.54 Å². The Morgan fingerprint density at radius 2 is 1.73 bits per heavy atom. The zero-order valence-electron chi connectivity index (χ0n) is 11.8. The molecule has 0 bridgehead atoms. The van der Waals surface area contributed by atoms with Gasteiger partial charge in [0, 0.05) is 24.2 Å². The number of amides is 1. The van der Waals surface area contributed by atoms with Crippen LogP contribution in [0.4, 0.5) is 8.78 Å². The van der Waals surface area contributed by atoms with Crippen LogP contribution in [0.15, 0.2) is 48.5 Å². The van der Waals surface area contributed by atoms with Crippen molar-refractivity contribution >= 4 is 17.5 Å². The number of halogens is 3. The molecule has 6 heteroatoms. The first-order chi connectivity index (χ1) is 10.5. The molecule has 1 amide bonds. The SMILES string of the molecule is CN(Cc1ccc(OC(F)F)cc1)C(=O)c1ccc(Cl)cc1. The Bertz CT molecular complexity index is 630. The van der Waals surface area contributed by atoms with E-state index in [-0.39, 0.29) is 11.7 Å². The fourth-order valence-electron chi connectivity index (χ4n) is 1.93. The largest absolute Gasteiger partial charge is 0.435 e. The van der Waals surface area contributed by atoms with Gasteiger partial charge in [-0.1, -0.05) is 23.7 Å². The summed E-state index contributed by atoms with van der Waals surface area (Å²) in [6.45, 7) is -2.49. The third-order valence-corrected chi connectivity index (χ3v) is 3.26. The van der Waals surface area contributed by atoms with Crippen molar-refractivity contribution in [2.45, 2.75) is 13.2 Å². The summed E-state index contributed by atoms with van der Waals surface area (Å²) in [5, 5.41) is 0.564. The van der Waals surface area contributed by atoms with Gasteiger partial charge >= 0.3 is 6.61 Å². The molecule has 0 aliphatic rings. The molecule has 2 aromatic carbocycles. The van der Waals surface area contributed by atoms with Crippen LogP contribution in [0.3, 0.4) is 0 Å². The van der Waals surface area contributed by atoms with Crippen LogP contribution in [0.5, 0.6) is 5.75 Å². The standard InChI is InChI=1S/C16H14ClF2NO2/c1-20(15(21)12-4-6-13(17)7-5-12)10-11-2-8-14(9-3-11)22-16(18)19/h2-9,16H,10H2,1H3. The van der Waals surface area contributed by atoms with Gasteiger partial charge in [0.25, 0.3) is 5.91 Å². The molecule has 2 aromatic rings. The number of hydrogen-bond donors (Lipinski definition) is 0. The van der Waals surface area contributed by atoms with Gasteiger partial charge < -0.3 is 9.64 Å². The lowest BCUT2D eigenvalue weighted by atomic mass is 10.1. The van der Waals surface area contributed by atoms with Gasteiger partial charge in [-0.15, -0.1) is 0 Å². The minimum Gasteiger partial charge on any atom is -0.435 e. The Balaban J connectivity index is 2.00. The monoisotopic (exact) mass is 325 g/mol. The van der Waals surface area contributed by atoms with E-state index < -0.39 is 6.61 Å². The summed E-state index contributed by atoms with van der Waals surface area (Å²) in [4.78, 5) is 13.8. The molecule has 0 saturated carbocycles. The van der Waals surface area contributed by atoms with Crippen molar-refractivity contribution < 1.29 is 18.3 Å². The second-order valence-electron chi connectivity index (χ2n) is 4.69. The molecule has 0 radical (unpaired) electrons. The van der Waals surface area contributed by atoms with Crippen molar-refractivity contribution in [1.29, 1.82) is 0 Å². The van der Waals surface area contributed by atoms with Crippen molar-refractivity contribution in [3.63, 3.8) is 0 Å². The highest BCUT2D eigenvalue weighted by Gasteiger charge is 2.12. The van der Waals surface area contributed by atoms with E-state index in [9.17, 15) is 13.6 Å². The van der Waals surface area contributed by atoms with E-state index in [0.29, 0.717) is 17.1 Å². The van der Waals surface area contributed by atoms with Crippen LogP contribution in [0, 0.1) is 0 Å². The minimum absolute atomic E-state index is 0.0884. The number of rotatable bonds is 5. The van der Waals surface area contributed by atoms with Gasteiger partial charge in [0.2, 0.25) is 0 Å². The summed E-state index contributed by atoms with van der Waals surface area (Å²) in [6, 6.07) is 12.8. The summed E-state index contributed by atoms with van der Waals surface area (Å²) >= 11 is 5.79. The summed E-state index contributed by atoms with van der Waals surface area (Å²) < 4.78 is 28.4. The number of hydrogen-bond acceptors (Lipinski definition) is 2. The minimum atomic E-state index is -2.85. The van der Waals surface area contributed by atoms with Gasteiger partial charge in [-0.25, -0.2) is 0 Å². The van der Waals surface area contributed by atoms with Gasteiger partial charge in [0.1, 0.15) is 5.75 Å². The Labute approximate surface area is 132 Å². The van der Waals surface area contributed by atoms with Crippen LogP contribution >= 0.6 is 11.6 Å². The van der Waals surface area contributed by atoms with E-state index in [1.54, 1.807) is 43.4 Å². The topological polar surface area (TPSA) is 29.5 Å². The van der Waals surface area contributed by atoms with Crippen LogP contribution in [0.1, 0.15) is 15.9 Å². The molecule has 0 heterocycles. The highest BCUT2D eigenvalue weighted by Crippen LogP contribution is 2.17. The lowest BCUT2D eigenvalue weighted by molar-refractivity contribution is -0.0498. The number of alkyl halides is 2. The second kappa shape index (κ2) is 7.22. The van der Waals surface area contributed by atoms with Crippen LogP contribution in [0.25, 0.3) is 0 Å². The van der Waals surface area contributed by atoms with Gasteiger partial charge in [-0.3, -0.25) is 4.79 Å². The normalized spacial score (nSPS) is 10.6. The molecule has 116 valence electrons. The molecule has 0 spiro atoms. The molecule has 0 N–H and O–H groups in total. The Hall–Kier alpha value is -2.14. The number of carbonyl (C=O) groups is 1. The fourth-order valence-corrected chi connectivity index (χ4v) is 2.06. The van der Waals surface area contributed by atoms with Crippen molar-refractivity contribution in [2.24, 2.45) is 0 Å². The number of nitrogens with zero attached hydrogens (tertiary/aromatic N) is 1. The number of benzene rings is 2. The van der Waals surface area contributed by atoms with Gasteiger partial charge in [0.15, 0.2) is 0 Å². The van der Waals surface area contributed by atoms with Crippen LogP contribution < -0.4 is 4.74 Å². The van der Waals surface area contributed by atoms with Gasteiger partial charge in [-0.2, -0.15) is 8.78 Å². The molecule has 0 aliphatic heterocycles. The molecule has 0 aliphatic carbocycles. The van der Waals surface area contributed by atoms with Crippen molar-refractivity contribution in [2.75, 3.05) is 7.05 Å². The molecule has 2 rings (SSSR count). The molecular weight excluding hydrogens is 312 g/mol. The third-order valence-electron chi connectivity index (χ3n) is 3.01. The summed E-state index contributed by atoms with van der Waals surface area (Å²) in [6.07, 6.45) is 0. The summed E-state index contributed by atoms with van der Waals surface area (Å²) in [5.74, 6) is -0.0602. The van der Waals surface area contributed by atoms with E-state index >= 15 is 0 Å². The van der Waals surface area contributed by atoms with Gasteiger partial charge in [-0.05, 0) is 42.0 Å². The number of ether oxygens (including phenoxy) is 1. The maximum atomic E-state index is 12.2. The molecule has 22 heavy (non-hydrogen) atoms. The molecular formula is C16H14ClF2NO2. The molecule has 0 unspecified atom stereocenters. The van der Waals surface area contributed by atoms with Crippen LogP contribution in [-0.4, -0.2) is 24.5 Å². The Kier molecular flexibility index (Phi) is 5.33.